The van der Waals surface area contributed by atoms with Crippen molar-refractivity contribution in [2.45, 2.75) is 45.1 Å². The van der Waals surface area contributed by atoms with E-state index in [9.17, 15) is 9.59 Å². The number of fused-ring (bicyclic) bond motifs is 1. The van der Waals surface area contributed by atoms with Crippen molar-refractivity contribution < 1.29 is 9.21 Å². The van der Waals surface area contributed by atoms with E-state index >= 15 is 0 Å². The van der Waals surface area contributed by atoms with Crippen LogP contribution in [-0.2, 0) is 11.3 Å². The molecular weight excluding hydrogens is 358 g/mol. The molecule has 0 saturated carbocycles. The summed E-state index contributed by atoms with van der Waals surface area (Å²) in [6.07, 6.45) is 2.99. The number of rotatable bonds is 4. The maximum absolute atomic E-state index is 12.7. The first kappa shape index (κ1) is 18.3. The van der Waals surface area contributed by atoms with Crippen molar-refractivity contribution in [1.29, 1.82) is 0 Å². The SMILES string of the molecule is CC(C)c1nnc(C2CCN(C(=O)Cn3cnc4ccccc4c3=O)CC2)o1. The van der Waals surface area contributed by atoms with Gasteiger partial charge in [-0.2, -0.15) is 0 Å². The van der Waals surface area contributed by atoms with Gasteiger partial charge in [-0.25, -0.2) is 4.98 Å². The van der Waals surface area contributed by atoms with Crippen LogP contribution < -0.4 is 5.56 Å². The van der Waals surface area contributed by atoms with Crippen LogP contribution in [0.15, 0.2) is 39.8 Å². The lowest BCUT2D eigenvalue weighted by Crippen LogP contribution is -2.41. The Hall–Kier alpha value is -3.03. The molecule has 0 spiro atoms. The van der Waals surface area contributed by atoms with Gasteiger partial charge in [-0.1, -0.05) is 26.0 Å². The largest absolute Gasteiger partial charge is 0.425 e. The van der Waals surface area contributed by atoms with Gasteiger partial charge in [0.15, 0.2) is 0 Å². The molecule has 3 heterocycles. The maximum atomic E-state index is 12.7. The summed E-state index contributed by atoms with van der Waals surface area (Å²) in [5.41, 5.74) is 0.443. The molecule has 0 bridgehead atoms. The van der Waals surface area contributed by atoms with Crippen LogP contribution in [0.4, 0.5) is 0 Å². The molecule has 0 aliphatic carbocycles. The third kappa shape index (κ3) is 3.54. The molecule has 1 aliphatic heterocycles. The van der Waals surface area contributed by atoms with Gasteiger partial charge in [0, 0.05) is 24.9 Å². The lowest BCUT2D eigenvalue weighted by molar-refractivity contribution is -0.133. The van der Waals surface area contributed by atoms with Gasteiger partial charge in [0.25, 0.3) is 5.56 Å². The number of carbonyl (C=O) groups is 1. The molecule has 0 N–H and O–H groups in total. The van der Waals surface area contributed by atoms with E-state index in [-0.39, 0.29) is 29.8 Å². The first-order chi connectivity index (χ1) is 13.5. The molecule has 0 radical (unpaired) electrons. The van der Waals surface area contributed by atoms with Gasteiger partial charge in [0.2, 0.25) is 17.7 Å². The number of hydrogen-bond donors (Lipinski definition) is 0. The molecule has 1 aliphatic rings. The van der Waals surface area contributed by atoms with E-state index < -0.39 is 0 Å². The smallest absolute Gasteiger partial charge is 0.261 e. The van der Waals surface area contributed by atoms with Gasteiger partial charge < -0.3 is 9.32 Å². The maximum Gasteiger partial charge on any atom is 0.261 e. The monoisotopic (exact) mass is 381 g/mol. The van der Waals surface area contributed by atoms with Gasteiger partial charge in [-0.3, -0.25) is 14.2 Å². The fourth-order valence-corrected chi connectivity index (χ4v) is 3.49. The molecule has 8 heteroatoms. The Morgan fingerprint density at radius 1 is 1.21 bits per heavy atom. The Labute approximate surface area is 162 Å². The van der Waals surface area contributed by atoms with Gasteiger partial charge >= 0.3 is 0 Å². The summed E-state index contributed by atoms with van der Waals surface area (Å²) in [6.45, 7) is 5.25. The number of para-hydroxylation sites is 1. The highest BCUT2D eigenvalue weighted by atomic mass is 16.4. The highest BCUT2D eigenvalue weighted by Crippen LogP contribution is 2.28. The van der Waals surface area contributed by atoms with Crippen LogP contribution in [-0.4, -0.2) is 43.6 Å². The molecule has 28 heavy (non-hydrogen) atoms. The Morgan fingerprint density at radius 2 is 1.96 bits per heavy atom. The Morgan fingerprint density at radius 3 is 2.68 bits per heavy atom. The van der Waals surface area contributed by atoms with Crippen molar-refractivity contribution in [1.82, 2.24) is 24.6 Å². The quantitative estimate of drug-likeness (QED) is 0.688. The summed E-state index contributed by atoms with van der Waals surface area (Å²) in [5, 5.41) is 8.78. The van der Waals surface area contributed by atoms with Crippen molar-refractivity contribution in [2.75, 3.05) is 13.1 Å². The van der Waals surface area contributed by atoms with Crippen LogP contribution in [0, 0.1) is 0 Å². The zero-order valence-electron chi connectivity index (χ0n) is 16.0. The normalized spacial score (nSPS) is 15.5. The highest BCUT2D eigenvalue weighted by molar-refractivity contribution is 5.79. The summed E-state index contributed by atoms with van der Waals surface area (Å²) >= 11 is 0. The topological polar surface area (TPSA) is 94.1 Å². The molecule has 8 nitrogen and oxygen atoms in total. The fourth-order valence-electron chi connectivity index (χ4n) is 3.49. The number of benzene rings is 1. The summed E-state index contributed by atoms with van der Waals surface area (Å²) in [5.74, 6) is 1.61. The fraction of sp³-hybridized carbons (Fsp3) is 0.450. The number of hydrogen-bond acceptors (Lipinski definition) is 6. The molecule has 1 fully saturated rings. The lowest BCUT2D eigenvalue weighted by Gasteiger charge is -2.30. The van der Waals surface area contributed by atoms with E-state index in [4.69, 9.17) is 4.42 Å². The van der Waals surface area contributed by atoms with E-state index in [0.717, 1.165) is 12.8 Å². The standard InChI is InChI=1S/C20H23N5O3/c1-13(2)18-22-23-19(28-18)14-7-9-24(10-8-14)17(26)11-25-12-21-16-6-4-3-5-15(16)20(25)27/h3-6,12-14H,7-11H2,1-2H3. The van der Waals surface area contributed by atoms with Crippen LogP contribution in [0.1, 0.15) is 50.3 Å². The molecule has 1 aromatic carbocycles. The third-order valence-electron chi connectivity index (χ3n) is 5.18. The number of amides is 1. The number of aromatic nitrogens is 4. The van der Waals surface area contributed by atoms with E-state index in [1.165, 1.54) is 10.9 Å². The number of nitrogens with zero attached hydrogens (tertiary/aromatic N) is 5. The number of carbonyl (C=O) groups excluding carboxylic acids is 1. The first-order valence-corrected chi connectivity index (χ1v) is 9.58. The first-order valence-electron chi connectivity index (χ1n) is 9.58. The molecule has 1 saturated heterocycles. The molecule has 2 aromatic heterocycles. The van der Waals surface area contributed by atoms with Crippen LogP contribution in [0.3, 0.4) is 0 Å². The van der Waals surface area contributed by atoms with Crippen LogP contribution in [0.5, 0.6) is 0 Å². The van der Waals surface area contributed by atoms with Crippen LogP contribution in [0.25, 0.3) is 10.9 Å². The summed E-state index contributed by atoms with van der Waals surface area (Å²) in [7, 11) is 0. The average Bonchev–Trinajstić information content (AvgIpc) is 3.21. The predicted molar refractivity (Wildman–Crippen MR) is 103 cm³/mol. The minimum Gasteiger partial charge on any atom is -0.425 e. The zero-order valence-corrected chi connectivity index (χ0v) is 16.0. The summed E-state index contributed by atoms with van der Waals surface area (Å²) < 4.78 is 7.13. The van der Waals surface area contributed by atoms with Gasteiger partial charge in [0.1, 0.15) is 6.54 Å². The van der Waals surface area contributed by atoms with E-state index in [1.807, 2.05) is 19.9 Å². The second kappa shape index (κ2) is 7.53. The molecule has 0 atom stereocenters. The van der Waals surface area contributed by atoms with Crippen molar-refractivity contribution in [2.24, 2.45) is 0 Å². The second-order valence-corrected chi connectivity index (χ2v) is 7.48. The number of piperidine rings is 1. The third-order valence-corrected chi connectivity index (χ3v) is 5.18. The van der Waals surface area contributed by atoms with Crippen molar-refractivity contribution in [3.05, 3.63) is 52.7 Å². The van der Waals surface area contributed by atoms with Crippen molar-refractivity contribution in [3.63, 3.8) is 0 Å². The number of likely N-dealkylation sites (tertiary alicyclic amines) is 1. The summed E-state index contributed by atoms with van der Waals surface area (Å²) in [4.78, 5) is 31.3. The Bertz CT molecular complexity index is 1050. The van der Waals surface area contributed by atoms with Gasteiger partial charge in [-0.05, 0) is 25.0 Å². The van der Waals surface area contributed by atoms with E-state index in [1.54, 1.807) is 23.1 Å². The molecule has 1 amide bonds. The van der Waals surface area contributed by atoms with Crippen LogP contribution in [0.2, 0.25) is 0 Å². The molecule has 0 unspecified atom stereocenters. The van der Waals surface area contributed by atoms with Crippen molar-refractivity contribution in [3.8, 4) is 0 Å². The highest BCUT2D eigenvalue weighted by Gasteiger charge is 2.27. The Kier molecular flexibility index (Phi) is 4.93. The van der Waals surface area contributed by atoms with Gasteiger partial charge in [-0.15, -0.1) is 10.2 Å². The Balaban J connectivity index is 1.40. The van der Waals surface area contributed by atoms with Crippen molar-refractivity contribution >= 4 is 16.8 Å². The van der Waals surface area contributed by atoms with Crippen LogP contribution >= 0.6 is 0 Å². The molecule has 4 rings (SSSR count). The van der Waals surface area contributed by atoms with E-state index in [2.05, 4.69) is 15.2 Å². The van der Waals surface area contributed by atoms with Gasteiger partial charge in [0.05, 0.1) is 17.2 Å². The molecule has 3 aromatic rings. The molecule has 146 valence electrons. The van der Waals surface area contributed by atoms with E-state index in [0.29, 0.717) is 35.8 Å². The second-order valence-electron chi connectivity index (χ2n) is 7.48. The lowest BCUT2D eigenvalue weighted by atomic mass is 9.97. The minimum atomic E-state index is -0.194. The zero-order chi connectivity index (χ0) is 19.7. The summed E-state index contributed by atoms with van der Waals surface area (Å²) in [6, 6.07) is 7.15. The average molecular weight is 381 g/mol. The predicted octanol–water partition coefficient (Wildman–Crippen LogP) is 2.31. The molecular formula is C20H23N5O3. The minimum absolute atomic E-state index is 0.000606.